The van der Waals surface area contributed by atoms with Gasteiger partial charge >= 0.3 is 0 Å². The van der Waals surface area contributed by atoms with Crippen molar-refractivity contribution >= 4 is 39.3 Å². The fraction of sp³-hybridized carbons (Fsp3) is 0.0500. The van der Waals surface area contributed by atoms with Crippen molar-refractivity contribution in [3.05, 3.63) is 82.7 Å². The van der Waals surface area contributed by atoms with Gasteiger partial charge in [-0.05, 0) is 71.4 Å². The molecule has 1 N–H and O–H groups in total. The SMILES string of the molecule is Cc1ccc(-n2cnnn2)cc1NC(=O)c1cccnc1Sc1ccc(Br)cc1. The summed E-state index contributed by atoms with van der Waals surface area (Å²) in [6.07, 6.45) is 3.19. The second-order valence-electron chi connectivity index (χ2n) is 6.12. The van der Waals surface area contributed by atoms with Crippen LogP contribution in [0.25, 0.3) is 5.69 Å². The van der Waals surface area contributed by atoms with Crippen molar-refractivity contribution in [3.8, 4) is 5.69 Å². The van der Waals surface area contributed by atoms with Gasteiger partial charge in [0.15, 0.2) is 0 Å². The number of benzene rings is 2. The van der Waals surface area contributed by atoms with E-state index in [1.807, 2.05) is 49.4 Å². The second kappa shape index (κ2) is 8.54. The number of carbonyl (C=O) groups is 1. The van der Waals surface area contributed by atoms with Crippen LogP contribution < -0.4 is 5.32 Å². The summed E-state index contributed by atoms with van der Waals surface area (Å²) < 4.78 is 2.53. The minimum absolute atomic E-state index is 0.227. The Morgan fingerprint density at radius 3 is 2.72 bits per heavy atom. The number of aromatic nitrogens is 5. The highest BCUT2D eigenvalue weighted by Gasteiger charge is 2.15. The number of carbonyl (C=O) groups excluding carboxylic acids is 1. The highest BCUT2D eigenvalue weighted by Crippen LogP contribution is 2.30. The molecule has 2 aromatic carbocycles. The monoisotopic (exact) mass is 466 g/mol. The number of nitrogens with one attached hydrogen (secondary N) is 1. The van der Waals surface area contributed by atoms with Gasteiger partial charge in [-0.25, -0.2) is 9.67 Å². The van der Waals surface area contributed by atoms with Crippen LogP contribution in [0.5, 0.6) is 0 Å². The van der Waals surface area contributed by atoms with Gasteiger partial charge in [0.2, 0.25) is 0 Å². The first-order valence-corrected chi connectivity index (χ1v) is 10.2. The zero-order valence-electron chi connectivity index (χ0n) is 15.3. The van der Waals surface area contributed by atoms with E-state index in [9.17, 15) is 4.79 Å². The van der Waals surface area contributed by atoms with Crippen LogP contribution in [0.2, 0.25) is 0 Å². The third-order valence-electron chi connectivity index (χ3n) is 4.13. The predicted octanol–water partition coefficient (Wildman–Crippen LogP) is 4.53. The first-order chi connectivity index (χ1) is 14.1. The molecular weight excluding hydrogens is 452 g/mol. The van der Waals surface area contributed by atoms with E-state index in [-0.39, 0.29) is 5.91 Å². The smallest absolute Gasteiger partial charge is 0.258 e. The van der Waals surface area contributed by atoms with Crippen molar-refractivity contribution in [3.63, 3.8) is 0 Å². The predicted molar refractivity (Wildman–Crippen MR) is 114 cm³/mol. The van der Waals surface area contributed by atoms with Crippen molar-refractivity contribution in [1.29, 1.82) is 0 Å². The summed E-state index contributed by atoms with van der Waals surface area (Å²) in [4.78, 5) is 18.4. The highest BCUT2D eigenvalue weighted by atomic mass is 79.9. The van der Waals surface area contributed by atoms with Crippen molar-refractivity contribution in [2.45, 2.75) is 16.8 Å². The van der Waals surface area contributed by atoms with Crippen LogP contribution in [0.15, 0.2) is 81.5 Å². The number of nitrogens with zero attached hydrogens (tertiary/aromatic N) is 5. The summed E-state index contributed by atoms with van der Waals surface area (Å²) in [6.45, 7) is 1.93. The maximum Gasteiger partial charge on any atom is 0.258 e. The molecule has 9 heteroatoms. The summed E-state index contributed by atoms with van der Waals surface area (Å²) in [6, 6.07) is 17.0. The van der Waals surface area contributed by atoms with Gasteiger partial charge in [0.1, 0.15) is 11.4 Å². The van der Waals surface area contributed by atoms with E-state index < -0.39 is 0 Å². The molecule has 0 aliphatic carbocycles. The van der Waals surface area contributed by atoms with Crippen LogP contribution in [-0.2, 0) is 0 Å². The molecule has 0 spiro atoms. The molecule has 0 aliphatic rings. The summed E-state index contributed by atoms with van der Waals surface area (Å²) in [5, 5.41) is 14.8. The number of hydrogen-bond acceptors (Lipinski definition) is 6. The largest absolute Gasteiger partial charge is 0.322 e. The molecule has 7 nitrogen and oxygen atoms in total. The van der Waals surface area contributed by atoms with E-state index in [1.54, 1.807) is 18.3 Å². The lowest BCUT2D eigenvalue weighted by Crippen LogP contribution is -2.14. The standard InChI is InChI=1S/C20H15BrN6OS/c1-13-4-7-15(27-12-23-25-26-27)11-18(13)24-19(28)17-3-2-10-22-20(17)29-16-8-5-14(21)6-9-16/h2-12H,1H3,(H,24,28). The van der Waals surface area contributed by atoms with Gasteiger partial charge in [-0.1, -0.05) is 33.8 Å². The molecule has 2 heterocycles. The fourth-order valence-electron chi connectivity index (χ4n) is 2.62. The van der Waals surface area contributed by atoms with Gasteiger partial charge in [0.25, 0.3) is 5.91 Å². The number of halogens is 1. The molecule has 144 valence electrons. The van der Waals surface area contributed by atoms with Gasteiger partial charge in [0.05, 0.1) is 11.3 Å². The number of aryl methyl sites for hydroxylation is 1. The quantitative estimate of drug-likeness (QED) is 0.464. The van der Waals surface area contributed by atoms with E-state index in [0.29, 0.717) is 16.3 Å². The summed E-state index contributed by atoms with van der Waals surface area (Å²) in [5.41, 5.74) is 2.88. The number of anilines is 1. The van der Waals surface area contributed by atoms with E-state index in [4.69, 9.17) is 0 Å². The molecule has 0 unspecified atom stereocenters. The van der Waals surface area contributed by atoms with Gasteiger partial charge in [0, 0.05) is 21.3 Å². The Morgan fingerprint density at radius 2 is 1.97 bits per heavy atom. The second-order valence-corrected chi connectivity index (χ2v) is 8.10. The van der Waals surface area contributed by atoms with Crippen LogP contribution in [-0.4, -0.2) is 31.1 Å². The zero-order valence-corrected chi connectivity index (χ0v) is 17.7. The normalized spacial score (nSPS) is 10.7. The third-order valence-corrected chi connectivity index (χ3v) is 5.68. The Labute approximate surface area is 179 Å². The maximum atomic E-state index is 13.0. The molecule has 0 atom stereocenters. The van der Waals surface area contributed by atoms with Gasteiger partial charge < -0.3 is 5.32 Å². The molecule has 4 aromatic rings. The fourth-order valence-corrected chi connectivity index (χ4v) is 3.76. The van der Waals surface area contributed by atoms with Crippen LogP contribution in [0.1, 0.15) is 15.9 Å². The average Bonchev–Trinajstić information content (AvgIpc) is 3.26. The Kier molecular flexibility index (Phi) is 5.68. The topological polar surface area (TPSA) is 85.6 Å². The first kappa shape index (κ1) is 19.3. The molecule has 0 saturated carbocycles. The van der Waals surface area contributed by atoms with E-state index in [1.165, 1.54) is 22.8 Å². The van der Waals surface area contributed by atoms with Gasteiger partial charge in [-0.3, -0.25) is 4.79 Å². The Balaban J connectivity index is 1.59. The third kappa shape index (κ3) is 4.52. The molecule has 0 fully saturated rings. The molecule has 4 rings (SSSR count). The lowest BCUT2D eigenvalue weighted by Gasteiger charge is -2.12. The van der Waals surface area contributed by atoms with Crippen LogP contribution in [0.3, 0.4) is 0 Å². The summed E-state index contributed by atoms with van der Waals surface area (Å²) in [7, 11) is 0. The van der Waals surface area contributed by atoms with Crippen LogP contribution in [0, 0.1) is 6.92 Å². The highest BCUT2D eigenvalue weighted by molar-refractivity contribution is 9.10. The minimum atomic E-state index is -0.227. The summed E-state index contributed by atoms with van der Waals surface area (Å²) in [5.74, 6) is -0.227. The average molecular weight is 467 g/mol. The van der Waals surface area contributed by atoms with Crippen molar-refractivity contribution < 1.29 is 4.79 Å². The van der Waals surface area contributed by atoms with Gasteiger partial charge in [-0.15, -0.1) is 5.10 Å². The number of rotatable bonds is 5. The molecule has 2 aromatic heterocycles. The number of pyridine rings is 1. The maximum absolute atomic E-state index is 13.0. The van der Waals surface area contributed by atoms with Crippen molar-refractivity contribution in [2.24, 2.45) is 0 Å². The molecule has 0 saturated heterocycles. The van der Waals surface area contributed by atoms with Crippen LogP contribution in [0.4, 0.5) is 5.69 Å². The number of tetrazole rings is 1. The van der Waals surface area contributed by atoms with E-state index in [0.717, 1.165) is 20.6 Å². The van der Waals surface area contributed by atoms with E-state index >= 15 is 0 Å². The zero-order chi connectivity index (χ0) is 20.2. The number of hydrogen-bond donors (Lipinski definition) is 1. The Morgan fingerprint density at radius 1 is 1.14 bits per heavy atom. The van der Waals surface area contributed by atoms with Crippen LogP contribution >= 0.6 is 27.7 Å². The number of amides is 1. The molecule has 0 bridgehead atoms. The lowest BCUT2D eigenvalue weighted by molar-refractivity contribution is 0.102. The molecule has 0 radical (unpaired) electrons. The van der Waals surface area contributed by atoms with Gasteiger partial charge in [-0.2, -0.15) is 0 Å². The van der Waals surface area contributed by atoms with Crippen molar-refractivity contribution in [1.82, 2.24) is 25.2 Å². The first-order valence-electron chi connectivity index (χ1n) is 8.64. The molecule has 29 heavy (non-hydrogen) atoms. The minimum Gasteiger partial charge on any atom is -0.322 e. The summed E-state index contributed by atoms with van der Waals surface area (Å²) >= 11 is 4.87. The lowest BCUT2D eigenvalue weighted by atomic mass is 10.1. The molecule has 0 aliphatic heterocycles. The molecular formula is C20H15BrN6OS. The molecule has 1 amide bonds. The Hall–Kier alpha value is -3.04. The Bertz CT molecular complexity index is 1150. The van der Waals surface area contributed by atoms with Crippen molar-refractivity contribution in [2.75, 3.05) is 5.32 Å². The van der Waals surface area contributed by atoms with E-state index in [2.05, 4.69) is 41.8 Å².